The minimum absolute atomic E-state index is 0.0537. The van der Waals surface area contributed by atoms with E-state index >= 15 is 0 Å². The molecule has 0 bridgehead atoms. The summed E-state index contributed by atoms with van der Waals surface area (Å²) in [6.07, 6.45) is 0.800. The van der Waals surface area contributed by atoms with Crippen LogP contribution in [-0.2, 0) is 16.1 Å². The Morgan fingerprint density at radius 3 is 2.76 bits per heavy atom. The molecule has 0 aromatic heterocycles. The first-order chi connectivity index (χ1) is 9.93. The van der Waals surface area contributed by atoms with Crippen LogP contribution in [0.1, 0.15) is 25.8 Å². The summed E-state index contributed by atoms with van der Waals surface area (Å²) in [5.41, 5.74) is 0.319. The Morgan fingerprint density at radius 1 is 1.38 bits per heavy atom. The molecule has 2 rings (SSSR count). The molecule has 1 aliphatic rings. The lowest BCUT2D eigenvalue weighted by atomic mass is 10.1. The normalized spacial score (nSPS) is 19.3. The summed E-state index contributed by atoms with van der Waals surface area (Å²) in [5, 5.41) is 0.405. The van der Waals surface area contributed by atoms with Crippen molar-refractivity contribution in [2.45, 2.75) is 32.9 Å². The topological polar surface area (TPSA) is 40.6 Å². The van der Waals surface area contributed by atoms with E-state index in [0.29, 0.717) is 17.1 Å². The van der Waals surface area contributed by atoms with Gasteiger partial charge in [0.15, 0.2) is 0 Å². The maximum absolute atomic E-state index is 13.8. The number of amides is 2. The van der Waals surface area contributed by atoms with Gasteiger partial charge < -0.3 is 9.80 Å². The molecule has 2 amide bonds. The molecule has 1 aliphatic heterocycles. The molecule has 21 heavy (non-hydrogen) atoms. The molecule has 4 nitrogen and oxygen atoms in total. The van der Waals surface area contributed by atoms with Crippen LogP contribution in [0.25, 0.3) is 0 Å². The predicted octanol–water partition coefficient (Wildman–Crippen LogP) is 2.45. The lowest BCUT2D eigenvalue weighted by Gasteiger charge is -2.38. The summed E-state index contributed by atoms with van der Waals surface area (Å²) in [6, 6.07) is 3.62. The van der Waals surface area contributed by atoms with Gasteiger partial charge in [-0.15, -0.1) is 0 Å². The second kappa shape index (κ2) is 6.43. The third kappa shape index (κ3) is 3.35. The summed E-state index contributed by atoms with van der Waals surface area (Å²) in [7, 11) is 0. The highest BCUT2D eigenvalue weighted by Gasteiger charge is 2.36. The van der Waals surface area contributed by atoms with Crippen LogP contribution in [0.5, 0.6) is 0 Å². The summed E-state index contributed by atoms with van der Waals surface area (Å²) in [5.74, 6) is -0.698. The number of halogens is 2. The third-order valence-corrected chi connectivity index (χ3v) is 3.86. The van der Waals surface area contributed by atoms with E-state index in [-0.39, 0.29) is 24.9 Å². The van der Waals surface area contributed by atoms with Crippen molar-refractivity contribution in [1.29, 1.82) is 0 Å². The van der Waals surface area contributed by atoms with Crippen molar-refractivity contribution >= 4 is 23.4 Å². The van der Waals surface area contributed by atoms with Gasteiger partial charge in [0.1, 0.15) is 11.9 Å². The number of benzene rings is 1. The number of piperazine rings is 1. The van der Waals surface area contributed by atoms with E-state index in [9.17, 15) is 14.0 Å². The van der Waals surface area contributed by atoms with Crippen LogP contribution in [0.4, 0.5) is 4.39 Å². The lowest BCUT2D eigenvalue weighted by molar-refractivity contribution is -0.155. The van der Waals surface area contributed by atoms with Gasteiger partial charge in [-0.1, -0.05) is 18.5 Å². The Bertz CT molecular complexity index is 565. The summed E-state index contributed by atoms with van der Waals surface area (Å²) >= 11 is 5.86. The number of carbonyl (C=O) groups excluding carboxylic acids is 2. The summed E-state index contributed by atoms with van der Waals surface area (Å²) in [6.45, 7) is 4.30. The molecule has 0 saturated carbocycles. The molecule has 0 unspecified atom stereocenters. The van der Waals surface area contributed by atoms with Crippen molar-refractivity contribution in [2.24, 2.45) is 0 Å². The van der Waals surface area contributed by atoms with E-state index in [2.05, 4.69) is 0 Å². The number of rotatable bonds is 4. The van der Waals surface area contributed by atoms with Gasteiger partial charge in [-0.05, 0) is 31.5 Å². The van der Waals surface area contributed by atoms with Crippen LogP contribution in [0.2, 0.25) is 5.02 Å². The van der Waals surface area contributed by atoms with Gasteiger partial charge in [0.25, 0.3) is 0 Å². The number of nitrogens with zero attached hydrogens (tertiary/aromatic N) is 2. The second-order valence-corrected chi connectivity index (χ2v) is 5.63. The van der Waals surface area contributed by atoms with Gasteiger partial charge in [0.05, 0.1) is 6.54 Å². The van der Waals surface area contributed by atoms with Gasteiger partial charge >= 0.3 is 0 Å². The summed E-state index contributed by atoms with van der Waals surface area (Å²) < 4.78 is 13.8. The van der Waals surface area contributed by atoms with Crippen LogP contribution in [0, 0.1) is 5.82 Å². The van der Waals surface area contributed by atoms with E-state index in [1.165, 1.54) is 23.1 Å². The largest absolute Gasteiger partial charge is 0.332 e. The standard InChI is InChI=1S/C15H18ClFN2O2/c1-3-6-18-9-14(20)19(10(2)15(18)21)8-11-7-12(16)4-5-13(11)17/h4-5,7,10H,3,6,8-9H2,1-2H3/t10-/m0/s1. The first-order valence-electron chi connectivity index (χ1n) is 6.96. The fraction of sp³-hybridized carbons (Fsp3) is 0.467. The highest BCUT2D eigenvalue weighted by Crippen LogP contribution is 2.20. The van der Waals surface area contributed by atoms with Gasteiger partial charge in [-0.25, -0.2) is 4.39 Å². The molecule has 0 radical (unpaired) electrons. The average Bonchev–Trinajstić information content (AvgIpc) is 2.44. The van der Waals surface area contributed by atoms with Gasteiger partial charge in [0.2, 0.25) is 11.8 Å². The lowest BCUT2D eigenvalue weighted by Crippen LogP contribution is -2.58. The highest BCUT2D eigenvalue weighted by atomic mass is 35.5. The maximum Gasteiger partial charge on any atom is 0.245 e. The molecule has 1 atom stereocenters. The van der Waals surface area contributed by atoms with E-state index in [0.717, 1.165) is 6.42 Å². The van der Waals surface area contributed by atoms with Crippen molar-refractivity contribution in [3.63, 3.8) is 0 Å². The van der Waals surface area contributed by atoms with Gasteiger partial charge in [-0.3, -0.25) is 9.59 Å². The second-order valence-electron chi connectivity index (χ2n) is 5.19. The van der Waals surface area contributed by atoms with E-state index < -0.39 is 11.9 Å². The number of hydrogen-bond acceptors (Lipinski definition) is 2. The average molecular weight is 313 g/mol. The van der Waals surface area contributed by atoms with Gasteiger partial charge in [0, 0.05) is 23.7 Å². The molecule has 1 heterocycles. The van der Waals surface area contributed by atoms with Gasteiger partial charge in [-0.2, -0.15) is 0 Å². The van der Waals surface area contributed by atoms with Crippen LogP contribution in [0.15, 0.2) is 18.2 Å². The van der Waals surface area contributed by atoms with E-state index in [1.807, 2.05) is 6.92 Å². The zero-order valence-electron chi connectivity index (χ0n) is 12.1. The molecule has 0 N–H and O–H groups in total. The smallest absolute Gasteiger partial charge is 0.245 e. The molecule has 114 valence electrons. The molecular formula is C15H18ClFN2O2. The Labute approximate surface area is 128 Å². The summed E-state index contributed by atoms with van der Waals surface area (Å²) in [4.78, 5) is 27.4. The van der Waals surface area contributed by atoms with E-state index in [4.69, 9.17) is 11.6 Å². The fourth-order valence-corrected chi connectivity index (χ4v) is 2.67. The molecule has 1 aromatic carbocycles. The zero-order valence-corrected chi connectivity index (χ0v) is 12.9. The predicted molar refractivity (Wildman–Crippen MR) is 78.3 cm³/mol. The molecule has 0 aliphatic carbocycles. The minimum Gasteiger partial charge on any atom is -0.332 e. The first-order valence-corrected chi connectivity index (χ1v) is 7.34. The SMILES string of the molecule is CCCN1CC(=O)N(Cc2cc(Cl)ccc2F)[C@@H](C)C1=O. The minimum atomic E-state index is -0.587. The number of hydrogen-bond donors (Lipinski definition) is 0. The van der Waals surface area contributed by atoms with E-state index in [1.54, 1.807) is 11.8 Å². The van der Waals surface area contributed by atoms with Crippen LogP contribution < -0.4 is 0 Å². The van der Waals surface area contributed by atoms with Crippen molar-refractivity contribution in [3.8, 4) is 0 Å². The third-order valence-electron chi connectivity index (χ3n) is 3.63. The zero-order chi connectivity index (χ0) is 15.6. The Balaban J connectivity index is 2.18. The molecule has 0 spiro atoms. The Hall–Kier alpha value is -1.62. The molecular weight excluding hydrogens is 295 g/mol. The molecule has 6 heteroatoms. The first kappa shape index (κ1) is 15.8. The molecule has 1 fully saturated rings. The van der Waals surface area contributed by atoms with Crippen molar-refractivity contribution < 1.29 is 14.0 Å². The van der Waals surface area contributed by atoms with Crippen LogP contribution in [-0.4, -0.2) is 40.7 Å². The van der Waals surface area contributed by atoms with Crippen LogP contribution in [0.3, 0.4) is 0 Å². The monoisotopic (exact) mass is 312 g/mol. The quantitative estimate of drug-likeness (QED) is 0.857. The van der Waals surface area contributed by atoms with Crippen LogP contribution >= 0.6 is 11.6 Å². The number of carbonyl (C=O) groups is 2. The Morgan fingerprint density at radius 2 is 2.10 bits per heavy atom. The fourth-order valence-electron chi connectivity index (χ4n) is 2.48. The van der Waals surface area contributed by atoms with Crippen molar-refractivity contribution in [1.82, 2.24) is 9.80 Å². The maximum atomic E-state index is 13.8. The van der Waals surface area contributed by atoms with Crippen molar-refractivity contribution in [2.75, 3.05) is 13.1 Å². The molecule has 1 saturated heterocycles. The molecule has 1 aromatic rings. The van der Waals surface area contributed by atoms with Crippen molar-refractivity contribution in [3.05, 3.63) is 34.6 Å². The highest BCUT2D eigenvalue weighted by molar-refractivity contribution is 6.30. The Kier molecular flexibility index (Phi) is 4.83.